The Morgan fingerprint density at radius 2 is 1.97 bits per heavy atom. The quantitative estimate of drug-likeness (QED) is 0.737. The minimum absolute atomic E-state index is 0.0173. The number of carbonyl (C=O) groups excluding carboxylic acids is 2. The Bertz CT molecular complexity index is 984. The highest BCUT2D eigenvalue weighted by Crippen LogP contribution is 2.39. The molecule has 166 valence electrons. The van der Waals surface area contributed by atoms with Gasteiger partial charge >= 0.3 is 6.09 Å². The van der Waals surface area contributed by atoms with Crippen LogP contribution in [0.4, 0.5) is 16.2 Å². The van der Waals surface area contributed by atoms with E-state index in [1.165, 1.54) is 9.58 Å². The molecule has 2 aromatic rings. The number of carbonyl (C=O) groups is 3. The van der Waals surface area contributed by atoms with E-state index in [0.29, 0.717) is 24.3 Å². The maximum absolute atomic E-state index is 12.9. The predicted octanol–water partition coefficient (Wildman–Crippen LogP) is 2.95. The maximum Gasteiger partial charge on any atom is 0.411 e. The van der Waals surface area contributed by atoms with E-state index in [-0.39, 0.29) is 36.9 Å². The third-order valence-corrected chi connectivity index (χ3v) is 5.14. The van der Waals surface area contributed by atoms with Crippen LogP contribution < -0.4 is 15.1 Å². The van der Waals surface area contributed by atoms with Gasteiger partial charge in [-0.15, -0.1) is 0 Å². The molecule has 0 saturated heterocycles. The molecule has 9 heteroatoms. The first kappa shape index (κ1) is 22.3. The van der Waals surface area contributed by atoms with Crippen LogP contribution in [0, 0.1) is 5.92 Å². The fourth-order valence-electron chi connectivity index (χ4n) is 3.81. The fraction of sp³-hybridized carbons (Fsp3) is 0.455. The van der Waals surface area contributed by atoms with E-state index in [1.807, 2.05) is 33.8 Å². The van der Waals surface area contributed by atoms with Gasteiger partial charge in [-0.2, -0.15) is 5.10 Å². The second-order valence-corrected chi connectivity index (χ2v) is 8.19. The standard InChI is InChI=1S/C22H29N5O4/c1-5-23-20(28)13-25-12-17(10-24-25)16-6-7-18-19(9-16)26(22(30)31)11-15(4)27(18)21(29)8-14(2)3/h6-7,9-10,12,14-15H,5,8,11,13H2,1-4H3,(H,23,28)(H,30,31)/t15-/m0/s1. The van der Waals surface area contributed by atoms with Gasteiger partial charge in [-0.05, 0) is 37.5 Å². The van der Waals surface area contributed by atoms with Crippen LogP contribution in [0.15, 0.2) is 30.6 Å². The summed E-state index contributed by atoms with van der Waals surface area (Å²) in [5.41, 5.74) is 2.58. The van der Waals surface area contributed by atoms with E-state index >= 15 is 0 Å². The van der Waals surface area contributed by atoms with E-state index in [4.69, 9.17) is 0 Å². The zero-order valence-electron chi connectivity index (χ0n) is 18.3. The third-order valence-electron chi connectivity index (χ3n) is 5.14. The Kier molecular flexibility index (Phi) is 6.62. The molecule has 0 bridgehead atoms. The smallest absolute Gasteiger partial charge is 0.411 e. The average molecular weight is 428 g/mol. The topological polar surface area (TPSA) is 108 Å². The van der Waals surface area contributed by atoms with Crippen LogP contribution in [0.2, 0.25) is 0 Å². The van der Waals surface area contributed by atoms with Gasteiger partial charge in [0.1, 0.15) is 6.54 Å². The Balaban J connectivity index is 1.96. The van der Waals surface area contributed by atoms with Crippen molar-refractivity contribution in [2.24, 2.45) is 5.92 Å². The predicted molar refractivity (Wildman–Crippen MR) is 118 cm³/mol. The van der Waals surface area contributed by atoms with Gasteiger partial charge in [0, 0.05) is 31.3 Å². The number of hydrogen-bond acceptors (Lipinski definition) is 4. The minimum Gasteiger partial charge on any atom is -0.465 e. The number of likely N-dealkylation sites (N-methyl/N-ethyl adjacent to an activating group) is 1. The van der Waals surface area contributed by atoms with Crippen LogP contribution in [0.25, 0.3) is 11.1 Å². The lowest BCUT2D eigenvalue weighted by atomic mass is 10.0. The van der Waals surface area contributed by atoms with E-state index < -0.39 is 6.09 Å². The first-order chi connectivity index (χ1) is 14.7. The van der Waals surface area contributed by atoms with Crippen molar-refractivity contribution in [3.8, 4) is 11.1 Å². The number of benzene rings is 1. The summed E-state index contributed by atoms with van der Waals surface area (Å²) in [5, 5.41) is 16.7. The summed E-state index contributed by atoms with van der Waals surface area (Å²) in [6.45, 7) is 8.53. The summed E-state index contributed by atoms with van der Waals surface area (Å²) in [7, 11) is 0. The maximum atomic E-state index is 12.9. The van der Waals surface area contributed by atoms with E-state index in [0.717, 1.165) is 11.1 Å². The molecule has 0 fully saturated rings. The van der Waals surface area contributed by atoms with Crippen molar-refractivity contribution in [3.63, 3.8) is 0 Å². The number of rotatable bonds is 6. The molecule has 1 aliphatic heterocycles. The molecule has 2 heterocycles. The summed E-state index contributed by atoms with van der Waals surface area (Å²) >= 11 is 0. The lowest BCUT2D eigenvalue weighted by Crippen LogP contribution is -2.51. The number of amides is 3. The Labute approximate surface area is 181 Å². The first-order valence-corrected chi connectivity index (χ1v) is 10.5. The van der Waals surface area contributed by atoms with Crippen LogP contribution in [-0.4, -0.2) is 51.9 Å². The zero-order valence-corrected chi connectivity index (χ0v) is 18.3. The number of hydrogen-bond donors (Lipinski definition) is 2. The molecular formula is C22H29N5O4. The summed E-state index contributed by atoms with van der Waals surface area (Å²) < 4.78 is 1.54. The molecule has 1 atom stereocenters. The monoisotopic (exact) mass is 427 g/mol. The molecule has 0 saturated carbocycles. The molecule has 1 aromatic heterocycles. The largest absolute Gasteiger partial charge is 0.465 e. The van der Waals surface area contributed by atoms with Gasteiger partial charge in [0.15, 0.2) is 0 Å². The molecule has 3 rings (SSSR count). The first-order valence-electron chi connectivity index (χ1n) is 10.5. The van der Waals surface area contributed by atoms with Gasteiger partial charge in [-0.25, -0.2) is 4.79 Å². The number of aromatic nitrogens is 2. The van der Waals surface area contributed by atoms with Crippen LogP contribution in [0.3, 0.4) is 0 Å². The van der Waals surface area contributed by atoms with Crippen LogP contribution in [0.1, 0.15) is 34.1 Å². The second-order valence-electron chi connectivity index (χ2n) is 8.19. The van der Waals surface area contributed by atoms with Crippen LogP contribution >= 0.6 is 0 Å². The number of nitrogens with zero attached hydrogens (tertiary/aromatic N) is 4. The minimum atomic E-state index is -1.06. The summed E-state index contributed by atoms with van der Waals surface area (Å²) in [4.78, 5) is 39.6. The lowest BCUT2D eigenvalue weighted by molar-refractivity contribution is -0.122. The van der Waals surface area contributed by atoms with Crippen molar-refractivity contribution >= 4 is 29.3 Å². The molecule has 1 aromatic carbocycles. The molecule has 9 nitrogen and oxygen atoms in total. The van der Waals surface area contributed by atoms with Crippen molar-refractivity contribution in [2.45, 2.75) is 46.7 Å². The molecule has 0 aliphatic carbocycles. The van der Waals surface area contributed by atoms with E-state index in [9.17, 15) is 19.5 Å². The van der Waals surface area contributed by atoms with Crippen molar-refractivity contribution in [1.29, 1.82) is 0 Å². The molecule has 31 heavy (non-hydrogen) atoms. The normalized spacial score (nSPS) is 15.7. The summed E-state index contributed by atoms with van der Waals surface area (Å²) in [6.07, 6.45) is 2.72. The highest BCUT2D eigenvalue weighted by molar-refractivity contribution is 6.03. The van der Waals surface area contributed by atoms with Gasteiger partial charge in [-0.3, -0.25) is 19.2 Å². The summed E-state index contributed by atoms with van der Waals surface area (Å²) in [5.74, 6) is 0.0555. The molecule has 0 radical (unpaired) electrons. The summed E-state index contributed by atoms with van der Waals surface area (Å²) in [6, 6.07) is 5.13. The number of carboxylic acid groups (broad SMARTS) is 1. The third kappa shape index (κ3) is 4.87. The molecule has 2 N–H and O–H groups in total. The molecule has 3 amide bonds. The number of nitrogens with one attached hydrogen (secondary N) is 1. The lowest BCUT2D eigenvalue weighted by Gasteiger charge is -2.40. The van der Waals surface area contributed by atoms with E-state index in [1.54, 1.807) is 29.4 Å². The number of fused-ring (bicyclic) bond motifs is 1. The Morgan fingerprint density at radius 1 is 1.23 bits per heavy atom. The van der Waals surface area contributed by atoms with Crippen LogP contribution in [0.5, 0.6) is 0 Å². The second kappa shape index (κ2) is 9.20. The van der Waals surface area contributed by atoms with Crippen LogP contribution in [-0.2, 0) is 16.1 Å². The Morgan fingerprint density at radius 3 is 2.61 bits per heavy atom. The van der Waals surface area contributed by atoms with Crippen molar-refractivity contribution in [1.82, 2.24) is 15.1 Å². The average Bonchev–Trinajstić information content (AvgIpc) is 3.14. The van der Waals surface area contributed by atoms with E-state index in [2.05, 4.69) is 10.4 Å². The van der Waals surface area contributed by atoms with Crippen molar-refractivity contribution < 1.29 is 19.5 Å². The fourth-order valence-corrected chi connectivity index (χ4v) is 3.81. The number of anilines is 2. The van der Waals surface area contributed by atoms with Crippen molar-refractivity contribution in [2.75, 3.05) is 22.9 Å². The molecule has 0 spiro atoms. The SMILES string of the molecule is CCNC(=O)Cn1cc(-c2ccc3c(c2)N(C(=O)O)C[C@H](C)N3C(=O)CC(C)C)cn1. The highest BCUT2D eigenvalue weighted by Gasteiger charge is 2.35. The molecule has 0 unspecified atom stereocenters. The molecular weight excluding hydrogens is 398 g/mol. The van der Waals surface area contributed by atoms with Gasteiger partial charge in [0.05, 0.1) is 23.6 Å². The van der Waals surface area contributed by atoms with Gasteiger partial charge in [0.25, 0.3) is 0 Å². The highest BCUT2D eigenvalue weighted by atomic mass is 16.4. The van der Waals surface area contributed by atoms with Gasteiger partial charge in [-0.1, -0.05) is 19.9 Å². The van der Waals surface area contributed by atoms with Crippen molar-refractivity contribution in [3.05, 3.63) is 30.6 Å². The van der Waals surface area contributed by atoms with Gasteiger partial charge in [0.2, 0.25) is 11.8 Å². The zero-order chi connectivity index (χ0) is 22.7. The Hall–Kier alpha value is -3.36. The molecule has 1 aliphatic rings. The van der Waals surface area contributed by atoms with Gasteiger partial charge < -0.3 is 15.3 Å².